The molecule has 2 fully saturated rings. The Morgan fingerprint density at radius 2 is 1.77 bits per heavy atom. The Morgan fingerprint density at radius 3 is 2.42 bits per heavy atom. The molecule has 31 heavy (non-hydrogen) atoms. The summed E-state index contributed by atoms with van der Waals surface area (Å²) >= 11 is 0. The third-order valence-corrected chi connectivity index (χ3v) is 6.08. The highest BCUT2D eigenvalue weighted by Crippen LogP contribution is 2.20. The van der Waals surface area contributed by atoms with Gasteiger partial charge in [0.05, 0.1) is 6.61 Å². The molecule has 9 nitrogen and oxygen atoms in total. The molecule has 0 aliphatic carbocycles. The monoisotopic (exact) mass is 431 g/mol. The van der Waals surface area contributed by atoms with Gasteiger partial charge in [-0.1, -0.05) is 0 Å². The molecule has 2 saturated heterocycles. The van der Waals surface area contributed by atoms with E-state index in [-0.39, 0.29) is 17.8 Å². The number of aliphatic imine (C=N–C) groups is 1. The smallest absolute Gasteiger partial charge is 0.333 e. The topological polar surface area (TPSA) is 71.7 Å². The van der Waals surface area contributed by atoms with Gasteiger partial charge >= 0.3 is 11.9 Å². The Labute approximate surface area is 181 Å². The van der Waals surface area contributed by atoms with E-state index in [1.165, 1.54) is 24.1 Å². The molecule has 3 heterocycles. The number of carbonyl (C=O) groups is 2. The Morgan fingerprint density at radius 1 is 1.10 bits per heavy atom. The number of nitrogens with zero attached hydrogens (tertiary/aromatic N) is 6. The SMILES string of the molecule is COCC[N+]1=C(CN2CCN(c3ccc(F)cc3)CC2)N=C2C1C(=O)N(C)C(=O)N2C. The second kappa shape index (κ2) is 8.72. The number of anilines is 1. The molecule has 3 amide bonds. The summed E-state index contributed by atoms with van der Waals surface area (Å²) in [5.41, 5.74) is 1.01. The van der Waals surface area contributed by atoms with Gasteiger partial charge in [-0.3, -0.25) is 19.5 Å². The van der Waals surface area contributed by atoms with E-state index >= 15 is 0 Å². The van der Waals surface area contributed by atoms with E-state index in [0.29, 0.717) is 25.5 Å². The van der Waals surface area contributed by atoms with Crippen molar-refractivity contribution in [1.82, 2.24) is 14.7 Å². The summed E-state index contributed by atoms with van der Waals surface area (Å²) in [5.74, 6) is 0.745. The lowest BCUT2D eigenvalue weighted by atomic mass is 10.1. The molecule has 166 valence electrons. The molecule has 0 bridgehead atoms. The third kappa shape index (κ3) is 4.05. The van der Waals surface area contributed by atoms with Crippen LogP contribution in [0.4, 0.5) is 14.9 Å². The molecule has 4 rings (SSSR count). The van der Waals surface area contributed by atoms with Gasteiger partial charge in [-0.15, -0.1) is 0 Å². The lowest BCUT2D eigenvalue weighted by molar-refractivity contribution is -0.538. The van der Waals surface area contributed by atoms with Gasteiger partial charge in [0.25, 0.3) is 17.8 Å². The van der Waals surface area contributed by atoms with Gasteiger partial charge in [-0.2, -0.15) is 0 Å². The molecule has 3 aliphatic rings. The van der Waals surface area contributed by atoms with Crippen molar-refractivity contribution in [2.75, 3.05) is 72.0 Å². The molecule has 3 aliphatic heterocycles. The summed E-state index contributed by atoms with van der Waals surface area (Å²) in [6, 6.07) is 5.59. The average molecular weight is 431 g/mol. The Kier molecular flexibility index (Phi) is 6.01. The first kappa shape index (κ1) is 21.4. The van der Waals surface area contributed by atoms with Crippen LogP contribution < -0.4 is 4.90 Å². The quantitative estimate of drug-likeness (QED) is 0.607. The van der Waals surface area contributed by atoms with Gasteiger partial charge in [0.2, 0.25) is 0 Å². The van der Waals surface area contributed by atoms with Crippen molar-refractivity contribution in [2.45, 2.75) is 6.04 Å². The number of rotatable bonds is 6. The number of urea groups is 1. The van der Waals surface area contributed by atoms with Crippen LogP contribution in [0.15, 0.2) is 29.3 Å². The second-order valence-corrected chi connectivity index (χ2v) is 7.95. The number of likely N-dealkylation sites (N-methyl/N-ethyl adjacent to an activating group) is 2. The molecule has 0 saturated carbocycles. The minimum absolute atomic E-state index is 0.236. The first-order valence-electron chi connectivity index (χ1n) is 10.4. The van der Waals surface area contributed by atoms with E-state index in [1.807, 2.05) is 4.58 Å². The fourth-order valence-electron chi connectivity index (χ4n) is 4.24. The van der Waals surface area contributed by atoms with Crippen molar-refractivity contribution in [2.24, 2.45) is 4.99 Å². The number of hydrogen-bond donors (Lipinski definition) is 0. The highest BCUT2D eigenvalue weighted by molar-refractivity contribution is 6.23. The van der Waals surface area contributed by atoms with Crippen molar-refractivity contribution in [1.29, 1.82) is 0 Å². The third-order valence-electron chi connectivity index (χ3n) is 6.08. The van der Waals surface area contributed by atoms with Crippen LogP contribution in [-0.4, -0.2) is 116 Å². The number of methoxy groups -OCH3 is 1. The molecule has 1 atom stereocenters. The molecular formula is C21H28FN6O3+. The van der Waals surface area contributed by atoms with Crippen LogP contribution in [0.1, 0.15) is 0 Å². The van der Waals surface area contributed by atoms with E-state index in [0.717, 1.165) is 42.6 Å². The molecule has 0 spiro atoms. The average Bonchev–Trinajstić information content (AvgIpc) is 3.14. The molecule has 0 aromatic heterocycles. The number of piperazine rings is 1. The molecular weight excluding hydrogens is 403 g/mol. The number of amidine groups is 2. The lowest BCUT2D eigenvalue weighted by Gasteiger charge is -2.35. The van der Waals surface area contributed by atoms with Gasteiger partial charge in [0.15, 0.2) is 0 Å². The zero-order chi connectivity index (χ0) is 22.1. The predicted octanol–water partition coefficient (Wildman–Crippen LogP) is 0.310. The van der Waals surface area contributed by atoms with Gasteiger partial charge in [-0.25, -0.2) is 13.8 Å². The highest BCUT2D eigenvalue weighted by atomic mass is 19.1. The van der Waals surface area contributed by atoms with Crippen molar-refractivity contribution in [3.8, 4) is 0 Å². The number of carbonyl (C=O) groups excluding carboxylic acids is 2. The molecule has 10 heteroatoms. The molecule has 0 radical (unpaired) electrons. The lowest BCUT2D eigenvalue weighted by Crippen LogP contribution is -2.61. The number of fused-ring (bicyclic) bond motifs is 1. The first-order chi connectivity index (χ1) is 14.9. The van der Waals surface area contributed by atoms with Crippen LogP contribution in [0.25, 0.3) is 0 Å². The number of benzene rings is 1. The van der Waals surface area contributed by atoms with Crippen LogP contribution in [0.5, 0.6) is 0 Å². The summed E-state index contributed by atoms with van der Waals surface area (Å²) in [4.78, 5) is 37.0. The Balaban J connectivity index is 1.49. The maximum Gasteiger partial charge on any atom is 0.333 e. The summed E-state index contributed by atoms with van der Waals surface area (Å²) < 4.78 is 20.4. The largest absolute Gasteiger partial charge is 0.381 e. The standard InChI is InChI=1S/C21H28FN6O3/c1-24-19-18(20(29)25(2)21(24)30)28(12-13-31-3)17(23-19)14-26-8-10-27(11-9-26)16-6-4-15(22)5-7-16/h4-7,18H,8-14H2,1-3H3/q+1. The van der Waals surface area contributed by atoms with Crippen LogP contribution in [0, 0.1) is 5.82 Å². The predicted molar refractivity (Wildman–Crippen MR) is 114 cm³/mol. The summed E-state index contributed by atoms with van der Waals surface area (Å²) in [6.45, 7) is 4.82. The van der Waals surface area contributed by atoms with E-state index < -0.39 is 6.04 Å². The van der Waals surface area contributed by atoms with Gasteiger partial charge in [-0.05, 0) is 29.3 Å². The van der Waals surface area contributed by atoms with Crippen LogP contribution in [0.2, 0.25) is 0 Å². The molecule has 0 N–H and O–H groups in total. The minimum atomic E-state index is -0.599. The van der Waals surface area contributed by atoms with Crippen molar-refractivity contribution >= 4 is 29.3 Å². The zero-order valence-corrected chi connectivity index (χ0v) is 18.1. The van der Waals surface area contributed by atoms with E-state index in [9.17, 15) is 14.0 Å². The minimum Gasteiger partial charge on any atom is -0.381 e. The van der Waals surface area contributed by atoms with Crippen molar-refractivity contribution < 1.29 is 23.3 Å². The number of amides is 3. The number of imide groups is 1. The maximum absolute atomic E-state index is 13.2. The normalized spacial score (nSPS) is 22.4. The van der Waals surface area contributed by atoms with Crippen molar-refractivity contribution in [3.05, 3.63) is 30.1 Å². The highest BCUT2D eigenvalue weighted by Gasteiger charge is 2.53. The fraction of sp³-hybridized carbons (Fsp3) is 0.524. The zero-order valence-electron chi connectivity index (χ0n) is 18.1. The summed E-state index contributed by atoms with van der Waals surface area (Å²) in [7, 11) is 4.77. The van der Waals surface area contributed by atoms with Crippen LogP contribution in [0.3, 0.4) is 0 Å². The first-order valence-corrected chi connectivity index (χ1v) is 10.4. The Hall–Kier alpha value is -2.85. The van der Waals surface area contributed by atoms with E-state index in [1.54, 1.807) is 26.3 Å². The number of halogens is 1. The van der Waals surface area contributed by atoms with Gasteiger partial charge in [0, 0.05) is 53.1 Å². The number of hydrogen-bond acceptors (Lipinski definition) is 6. The molecule has 1 unspecified atom stereocenters. The van der Waals surface area contributed by atoms with Crippen LogP contribution in [-0.2, 0) is 9.53 Å². The Bertz CT molecular complexity index is 924. The molecule has 1 aromatic rings. The molecule has 1 aromatic carbocycles. The van der Waals surface area contributed by atoms with Crippen molar-refractivity contribution in [3.63, 3.8) is 0 Å². The van der Waals surface area contributed by atoms with Gasteiger partial charge < -0.3 is 9.64 Å². The van der Waals surface area contributed by atoms with Gasteiger partial charge in [0.1, 0.15) is 18.9 Å². The van der Waals surface area contributed by atoms with Crippen LogP contribution >= 0.6 is 0 Å². The fourth-order valence-corrected chi connectivity index (χ4v) is 4.24. The second-order valence-electron chi connectivity index (χ2n) is 7.95. The number of ether oxygens (including phenoxy) is 1. The van der Waals surface area contributed by atoms with E-state index in [4.69, 9.17) is 9.73 Å². The summed E-state index contributed by atoms with van der Waals surface area (Å²) in [5, 5.41) is 0. The summed E-state index contributed by atoms with van der Waals surface area (Å²) in [6.07, 6.45) is 0. The maximum atomic E-state index is 13.2. The van der Waals surface area contributed by atoms with E-state index in [2.05, 4.69) is 9.80 Å².